The lowest BCUT2D eigenvalue weighted by atomic mass is 9.93. The van der Waals surface area contributed by atoms with Gasteiger partial charge in [0.05, 0.1) is 16.9 Å². The van der Waals surface area contributed by atoms with Crippen molar-refractivity contribution in [1.82, 2.24) is 15.0 Å². The molecule has 0 N–H and O–H groups in total. The van der Waals surface area contributed by atoms with Crippen LogP contribution < -0.4 is 0 Å². The van der Waals surface area contributed by atoms with E-state index < -0.39 is 0 Å². The molecule has 0 spiro atoms. The number of aromatic nitrogens is 3. The highest BCUT2D eigenvalue weighted by Crippen LogP contribution is 2.42. The molecular formula is C53H31N3O2. The Bertz CT molecular complexity index is 3570. The van der Waals surface area contributed by atoms with Crippen LogP contribution in [0, 0.1) is 0 Å². The van der Waals surface area contributed by atoms with Crippen molar-refractivity contribution in [2.24, 2.45) is 0 Å². The summed E-state index contributed by atoms with van der Waals surface area (Å²) >= 11 is 0. The van der Waals surface area contributed by atoms with Gasteiger partial charge in [0.1, 0.15) is 22.4 Å². The Morgan fingerprint density at radius 3 is 1.71 bits per heavy atom. The minimum Gasteiger partial charge on any atom is -0.455 e. The number of benzene rings is 8. The van der Waals surface area contributed by atoms with Crippen molar-refractivity contribution in [2.45, 2.75) is 0 Å². The third kappa shape index (κ3) is 5.07. The number of fused-ring (bicyclic) bond motifs is 9. The summed E-state index contributed by atoms with van der Waals surface area (Å²) in [6, 6.07) is 64.8. The molecule has 0 amide bonds. The van der Waals surface area contributed by atoms with Crippen LogP contribution in [0.25, 0.3) is 122 Å². The molecule has 12 aromatic rings. The van der Waals surface area contributed by atoms with Gasteiger partial charge in [-0.05, 0) is 40.6 Å². The van der Waals surface area contributed by atoms with Crippen molar-refractivity contribution in [1.29, 1.82) is 0 Å². The van der Waals surface area contributed by atoms with Crippen LogP contribution in [-0.4, -0.2) is 15.0 Å². The van der Waals surface area contributed by atoms with Crippen LogP contribution in [0.1, 0.15) is 0 Å². The van der Waals surface area contributed by atoms with Crippen molar-refractivity contribution in [3.05, 3.63) is 188 Å². The maximum absolute atomic E-state index is 6.50. The maximum atomic E-state index is 6.50. The molecule has 5 heteroatoms. The molecule has 4 heterocycles. The zero-order chi connectivity index (χ0) is 38.2. The van der Waals surface area contributed by atoms with Gasteiger partial charge >= 0.3 is 0 Å². The molecule has 0 atom stereocenters. The molecule has 0 unspecified atom stereocenters. The molecule has 0 bridgehead atoms. The zero-order valence-electron chi connectivity index (χ0n) is 31.1. The summed E-state index contributed by atoms with van der Waals surface area (Å²) in [4.78, 5) is 15.6. The summed E-state index contributed by atoms with van der Waals surface area (Å²) in [6.45, 7) is 0. The molecule has 0 aliphatic carbocycles. The number of hydrogen-bond acceptors (Lipinski definition) is 5. The Kier molecular flexibility index (Phi) is 7.16. The topological polar surface area (TPSA) is 65.0 Å². The van der Waals surface area contributed by atoms with Gasteiger partial charge in [-0.3, -0.25) is 0 Å². The fourth-order valence-electron chi connectivity index (χ4n) is 8.60. The van der Waals surface area contributed by atoms with Gasteiger partial charge in [0.25, 0.3) is 0 Å². The zero-order valence-corrected chi connectivity index (χ0v) is 31.1. The van der Waals surface area contributed by atoms with Crippen molar-refractivity contribution in [2.75, 3.05) is 0 Å². The minimum atomic E-state index is 0.642. The third-order valence-corrected chi connectivity index (χ3v) is 11.3. The lowest BCUT2D eigenvalue weighted by molar-refractivity contribution is 0.668. The summed E-state index contributed by atoms with van der Waals surface area (Å²) in [6.07, 6.45) is 0. The second kappa shape index (κ2) is 12.8. The number of nitrogens with zero attached hydrogens (tertiary/aromatic N) is 3. The summed E-state index contributed by atoms with van der Waals surface area (Å²) < 4.78 is 13.0. The van der Waals surface area contributed by atoms with Gasteiger partial charge in [-0.2, -0.15) is 0 Å². The summed E-state index contributed by atoms with van der Waals surface area (Å²) in [7, 11) is 0. The van der Waals surface area contributed by atoms with Crippen molar-refractivity contribution in [3.8, 4) is 56.3 Å². The molecule has 4 aromatic heterocycles. The first-order chi connectivity index (χ1) is 28.7. The number of furan rings is 2. The Hall–Kier alpha value is -7.89. The average Bonchev–Trinajstić information content (AvgIpc) is 3.88. The molecule has 0 saturated carbocycles. The third-order valence-electron chi connectivity index (χ3n) is 11.3. The first-order valence-corrected chi connectivity index (χ1v) is 19.4. The number of hydrogen-bond donors (Lipinski definition) is 0. The normalized spacial score (nSPS) is 11.8. The summed E-state index contributed by atoms with van der Waals surface area (Å²) in [5.74, 6) is 0.642. The monoisotopic (exact) mass is 741 g/mol. The Labute approximate surface area is 332 Å². The van der Waals surface area contributed by atoms with Gasteiger partial charge < -0.3 is 8.83 Å². The number of para-hydroxylation sites is 4. The molecule has 8 aromatic carbocycles. The second-order valence-corrected chi connectivity index (χ2v) is 14.7. The van der Waals surface area contributed by atoms with E-state index in [1.165, 1.54) is 0 Å². The molecular weight excluding hydrogens is 711 g/mol. The van der Waals surface area contributed by atoms with E-state index in [1.54, 1.807) is 0 Å². The van der Waals surface area contributed by atoms with E-state index in [1.807, 2.05) is 48.5 Å². The fraction of sp³-hybridized carbons (Fsp3) is 0. The van der Waals surface area contributed by atoms with E-state index >= 15 is 0 Å². The van der Waals surface area contributed by atoms with Crippen molar-refractivity contribution < 1.29 is 8.83 Å². The number of pyridine rings is 1. The highest BCUT2D eigenvalue weighted by atomic mass is 16.3. The van der Waals surface area contributed by atoms with Gasteiger partial charge in [0.2, 0.25) is 0 Å². The Morgan fingerprint density at radius 1 is 0.328 bits per heavy atom. The Balaban J connectivity index is 1.01. The molecule has 0 aliphatic heterocycles. The highest BCUT2D eigenvalue weighted by Gasteiger charge is 2.20. The van der Waals surface area contributed by atoms with Crippen LogP contribution in [0.5, 0.6) is 0 Å². The first kappa shape index (κ1) is 32.4. The molecule has 0 radical (unpaired) electrons. The van der Waals surface area contributed by atoms with Crippen molar-refractivity contribution >= 4 is 65.6 Å². The molecule has 0 aliphatic rings. The van der Waals surface area contributed by atoms with Crippen LogP contribution in [-0.2, 0) is 0 Å². The van der Waals surface area contributed by atoms with Gasteiger partial charge in [-0.15, -0.1) is 0 Å². The van der Waals surface area contributed by atoms with E-state index in [0.717, 1.165) is 116 Å². The fourth-order valence-corrected chi connectivity index (χ4v) is 8.60. The average molecular weight is 742 g/mol. The molecule has 0 fully saturated rings. The minimum absolute atomic E-state index is 0.642. The summed E-state index contributed by atoms with van der Waals surface area (Å²) in [5, 5.41) is 7.69. The van der Waals surface area contributed by atoms with Gasteiger partial charge in [0, 0.05) is 54.7 Å². The van der Waals surface area contributed by atoms with Gasteiger partial charge in [-0.1, -0.05) is 164 Å². The van der Waals surface area contributed by atoms with Gasteiger partial charge in [-0.25, -0.2) is 15.0 Å². The molecule has 0 saturated heterocycles. The van der Waals surface area contributed by atoms with E-state index in [9.17, 15) is 0 Å². The van der Waals surface area contributed by atoms with Crippen LogP contribution in [0.3, 0.4) is 0 Å². The van der Waals surface area contributed by atoms with E-state index in [4.69, 9.17) is 23.8 Å². The van der Waals surface area contributed by atoms with Crippen LogP contribution in [0.4, 0.5) is 0 Å². The smallest absolute Gasteiger partial charge is 0.162 e. The quantitative estimate of drug-likeness (QED) is 0.176. The van der Waals surface area contributed by atoms with Crippen LogP contribution in [0.2, 0.25) is 0 Å². The molecule has 5 nitrogen and oxygen atoms in total. The molecule has 12 rings (SSSR count). The lowest BCUT2D eigenvalue weighted by Gasteiger charge is -2.13. The van der Waals surface area contributed by atoms with Crippen LogP contribution >= 0.6 is 0 Å². The second-order valence-electron chi connectivity index (χ2n) is 14.7. The summed E-state index contributed by atoms with van der Waals surface area (Å²) in [5.41, 5.74) is 12.9. The van der Waals surface area contributed by atoms with Crippen LogP contribution in [0.15, 0.2) is 197 Å². The molecule has 270 valence electrons. The van der Waals surface area contributed by atoms with E-state index in [0.29, 0.717) is 5.82 Å². The van der Waals surface area contributed by atoms with E-state index in [2.05, 4.69) is 140 Å². The highest BCUT2D eigenvalue weighted by molar-refractivity contribution is 6.21. The Morgan fingerprint density at radius 2 is 0.897 bits per heavy atom. The number of rotatable bonds is 5. The van der Waals surface area contributed by atoms with Crippen molar-refractivity contribution in [3.63, 3.8) is 0 Å². The predicted molar refractivity (Wildman–Crippen MR) is 237 cm³/mol. The predicted octanol–water partition coefficient (Wildman–Crippen LogP) is 14.3. The maximum Gasteiger partial charge on any atom is 0.162 e. The lowest BCUT2D eigenvalue weighted by Crippen LogP contribution is -1.97. The van der Waals surface area contributed by atoms with Gasteiger partial charge in [0.15, 0.2) is 11.4 Å². The van der Waals surface area contributed by atoms with E-state index in [-0.39, 0.29) is 0 Å². The largest absolute Gasteiger partial charge is 0.455 e. The molecule has 58 heavy (non-hydrogen) atoms. The SMILES string of the molecule is c1ccc(-c2cc(-c3cccc4c(-c5cccc6c5oc5ccccc56)cccc34)nc(-c3ccc(-c4nc5ccccc5c5c4oc4ccccc45)cc3)n2)cc1. The first-order valence-electron chi connectivity index (χ1n) is 19.4. The standard InChI is InChI=1S/C53H31N3O2/c1-2-13-32(14-3-1)45-31-46(38-21-11-18-35-36(38)19-10-20-37(35)40-22-12-23-41-39-15-5-8-25-47(39)57-51(40)41)56-53(55-45)34-29-27-33(28-30-34)50-52-49(42-16-4-7-24-44(42)54-50)43-17-6-9-26-48(43)58-52/h1-31H.